The number of ether oxygens (including phenoxy) is 2. The maximum Gasteiger partial charge on any atom is 0.214 e. The molecule has 25 heavy (non-hydrogen) atoms. The van der Waals surface area contributed by atoms with Crippen LogP contribution in [0.5, 0.6) is 0 Å². The van der Waals surface area contributed by atoms with Crippen LogP contribution in [-0.2, 0) is 14.3 Å². The lowest BCUT2D eigenvalue weighted by Crippen LogP contribution is -2.34. The van der Waals surface area contributed by atoms with Crippen molar-refractivity contribution in [2.75, 3.05) is 20.8 Å². The molecule has 2 atom stereocenters. The van der Waals surface area contributed by atoms with E-state index < -0.39 is 0 Å². The van der Waals surface area contributed by atoms with Gasteiger partial charge in [-0.15, -0.1) is 0 Å². The van der Waals surface area contributed by atoms with Crippen molar-refractivity contribution < 1.29 is 18.7 Å². The molecule has 2 unspecified atom stereocenters. The van der Waals surface area contributed by atoms with Crippen molar-refractivity contribution >= 4 is 17.8 Å². The summed E-state index contributed by atoms with van der Waals surface area (Å²) >= 11 is 0. The van der Waals surface area contributed by atoms with Crippen molar-refractivity contribution in [1.82, 2.24) is 0 Å². The van der Waals surface area contributed by atoms with E-state index in [-0.39, 0.29) is 23.7 Å². The van der Waals surface area contributed by atoms with Crippen LogP contribution in [0.2, 0.25) is 0 Å². The van der Waals surface area contributed by atoms with Crippen LogP contribution in [0.3, 0.4) is 0 Å². The number of benzene rings is 1. The highest BCUT2D eigenvalue weighted by Gasteiger charge is 2.35. The molecule has 0 amide bonds. The third-order valence-electron chi connectivity index (χ3n) is 4.55. The Labute approximate surface area is 148 Å². The first-order valence-electron chi connectivity index (χ1n) is 8.57. The van der Waals surface area contributed by atoms with Gasteiger partial charge in [-0.3, -0.25) is 0 Å². The summed E-state index contributed by atoms with van der Waals surface area (Å²) < 4.78 is 24.3. The lowest BCUT2D eigenvalue weighted by atomic mass is 9.75. The molecule has 0 spiro atoms. The summed E-state index contributed by atoms with van der Waals surface area (Å²) in [6, 6.07) is 6.43. The molecule has 1 heterocycles. The van der Waals surface area contributed by atoms with Gasteiger partial charge < -0.3 is 14.3 Å². The van der Waals surface area contributed by atoms with E-state index in [2.05, 4.69) is 13.8 Å². The van der Waals surface area contributed by atoms with Crippen LogP contribution < -0.4 is 0 Å². The van der Waals surface area contributed by atoms with Crippen LogP contribution in [0.4, 0.5) is 4.39 Å². The predicted octanol–water partition coefficient (Wildman–Crippen LogP) is 3.90. The number of hydrogen-bond acceptors (Lipinski definition) is 4. The van der Waals surface area contributed by atoms with Crippen LogP contribution in [0.25, 0.3) is 5.57 Å². The summed E-state index contributed by atoms with van der Waals surface area (Å²) in [7, 11) is 3.22. The van der Waals surface area contributed by atoms with Gasteiger partial charge in [0, 0.05) is 25.0 Å². The molecule has 2 rings (SSSR count). The van der Waals surface area contributed by atoms with E-state index >= 15 is 0 Å². The highest BCUT2D eigenvalue weighted by molar-refractivity contribution is 6.03. The quantitative estimate of drug-likeness (QED) is 0.703. The third kappa shape index (κ3) is 4.34. The molecular weight excluding hydrogens is 321 g/mol. The van der Waals surface area contributed by atoms with Gasteiger partial charge in [0.2, 0.25) is 5.90 Å². The van der Waals surface area contributed by atoms with Crippen LogP contribution in [0.15, 0.2) is 34.8 Å². The fraction of sp³-hybridized carbons (Fsp3) is 0.500. The third-order valence-corrected chi connectivity index (χ3v) is 4.55. The lowest BCUT2D eigenvalue weighted by molar-refractivity contribution is -0.108. The second kappa shape index (κ2) is 8.90. The maximum atomic E-state index is 13.4. The van der Waals surface area contributed by atoms with E-state index in [0.29, 0.717) is 25.3 Å². The van der Waals surface area contributed by atoms with Crippen LogP contribution in [-0.4, -0.2) is 39.1 Å². The fourth-order valence-corrected chi connectivity index (χ4v) is 3.47. The minimum atomic E-state index is -0.279. The van der Waals surface area contributed by atoms with E-state index in [1.54, 1.807) is 26.4 Å². The van der Waals surface area contributed by atoms with Crippen LogP contribution in [0, 0.1) is 17.7 Å². The number of dihydropyridines is 1. The standard InChI is InChI=1S/C20H26FNO3/c1-13(2)19-16(6-5-11-23)18(14-7-9-15(21)10-8-14)17(12-24-3)20(22-19)25-4/h7-11,13,16,19H,5-6,12H2,1-4H3. The number of halogens is 1. The molecule has 4 nitrogen and oxygen atoms in total. The Kier molecular flexibility index (Phi) is 6.88. The lowest BCUT2D eigenvalue weighted by Gasteiger charge is -2.35. The number of carbonyl (C=O) groups is 1. The SMILES string of the molecule is COCC1=C(c2ccc(F)cc2)C(CCC=O)C(C(C)C)N=C1OC. The number of methoxy groups -OCH3 is 2. The minimum absolute atomic E-state index is 0.00411. The average Bonchev–Trinajstić information content (AvgIpc) is 2.60. The average molecular weight is 347 g/mol. The second-order valence-electron chi connectivity index (χ2n) is 6.56. The molecule has 0 aliphatic carbocycles. The summed E-state index contributed by atoms with van der Waals surface area (Å²) in [4.78, 5) is 15.8. The van der Waals surface area contributed by atoms with E-state index in [1.165, 1.54) is 12.1 Å². The number of aldehydes is 1. The zero-order valence-corrected chi connectivity index (χ0v) is 15.3. The van der Waals surface area contributed by atoms with Gasteiger partial charge in [-0.1, -0.05) is 26.0 Å². The fourth-order valence-electron chi connectivity index (χ4n) is 3.47. The van der Waals surface area contributed by atoms with Crippen molar-refractivity contribution in [3.8, 4) is 0 Å². The van der Waals surface area contributed by atoms with Gasteiger partial charge in [-0.05, 0) is 35.6 Å². The zero-order valence-electron chi connectivity index (χ0n) is 15.3. The Morgan fingerprint density at radius 3 is 2.44 bits per heavy atom. The van der Waals surface area contributed by atoms with Gasteiger partial charge in [0.15, 0.2) is 0 Å². The maximum absolute atomic E-state index is 13.4. The predicted molar refractivity (Wildman–Crippen MR) is 97.1 cm³/mol. The molecule has 0 radical (unpaired) electrons. The molecule has 5 heteroatoms. The largest absolute Gasteiger partial charge is 0.481 e. The molecule has 136 valence electrons. The minimum Gasteiger partial charge on any atom is -0.481 e. The Balaban J connectivity index is 2.63. The molecule has 0 saturated heterocycles. The highest BCUT2D eigenvalue weighted by atomic mass is 19.1. The van der Waals surface area contributed by atoms with E-state index in [9.17, 15) is 9.18 Å². The van der Waals surface area contributed by atoms with Crippen LogP contribution >= 0.6 is 0 Å². The van der Waals surface area contributed by atoms with Gasteiger partial charge in [0.05, 0.1) is 19.8 Å². The molecular formula is C20H26FNO3. The van der Waals surface area contributed by atoms with E-state index in [4.69, 9.17) is 14.5 Å². The Morgan fingerprint density at radius 1 is 1.24 bits per heavy atom. The van der Waals surface area contributed by atoms with Crippen molar-refractivity contribution in [3.05, 3.63) is 41.2 Å². The molecule has 1 aromatic carbocycles. The number of carbonyl (C=O) groups excluding carboxylic acids is 1. The summed E-state index contributed by atoms with van der Waals surface area (Å²) in [6.07, 6.45) is 2.08. The molecule has 0 bridgehead atoms. The summed E-state index contributed by atoms with van der Waals surface area (Å²) in [6.45, 7) is 4.57. The van der Waals surface area contributed by atoms with E-state index in [0.717, 1.165) is 23.0 Å². The number of aliphatic imine (C=N–C) groups is 1. The molecule has 0 fully saturated rings. The van der Waals surface area contributed by atoms with Crippen molar-refractivity contribution in [1.29, 1.82) is 0 Å². The molecule has 0 saturated carbocycles. The van der Waals surface area contributed by atoms with Gasteiger partial charge in [-0.2, -0.15) is 0 Å². The smallest absolute Gasteiger partial charge is 0.214 e. The molecule has 1 aromatic rings. The Hall–Kier alpha value is -2.01. The monoisotopic (exact) mass is 347 g/mol. The number of rotatable bonds is 7. The summed E-state index contributed by atoms with van der Waals surface area (Å²) in [5, 5.41) is 0. The molecule has 1 aliphatic heterocycles. The normalized spacial score (nSPS) is 20.6. The molecule has 0 aromatic heterocycles. The summed E-state index contributed by atoms with van der Waals surface area (Å²) in [5.74, 6) is 0.613. The van der Waals surface area contributed by atoms with Gasteiger partial charge in [0.1, 0.15) is 12.1 Å². The topological polar surface area (TPSA) is 47.9 Å². The van der Waals surface area contributed by atoms with Gasteiger partial charge >= 0.3 is 0 Å². The Bertz CT molecular complexity index is 649. The van der Waals surface area contributed by atoms with Gasteiger partial charge in [-0.25, -0.2) is 9.38 Å². The Morgan fingerprint density at radius 2 is 1.92 bits per heavy atom. The van der Waals surface area contributed by atoms with E-state index in [1.807, 2.05) is 0 Å². The van der Waals surface area contributed by atoms with Crippen molar-refractivity contribution in [2.24, 2.45) is 16.8 Å². The number of hydrogen-bond donors (Lipinski definition) is 0. The van der Waals surface area contributed by atoms with Crippen molar-refractivity contribution in [3.63, 3.8) is 0 Å². The van der Waals surface area contributed by atoms with Gasteiger partial charge in [0.25, 0.3) is 0 Å². The zero-order chi connectivity index (χ0) is 18.4. The first-order valence-corrected chi connectivity index (χ1v) is 8.57. The highest BCUT2D eigenvalue weighted by Crippen LogP contribution is 2.40. The number of nitrogens with zero attached hydrogens (tertiary/aromatic N) is 1. The second-order valence-corrected chi connectivity index (χ2v) is 6.56. The molecule has 1 aliphatic rings. The molecule has 0 N–H and O–H groups in total. The van der Waals surface area contributed by atoms with Crippen LogP contribution in [0.1, 0.15) is 32.3 Å². The first-order chi connectivity index (χ1) is 12.0. The summed E-state index contributed by atoms with van der Waals surface area (Å²) in [5.41, 5.74) is 2.82. The first kappa shape index (κ1) is 19.3. The van der Waals surface area contributed by atoms with Crippen molar-refractivity contribution in [2.45, 2.75) is 32.7 Å².